The second-order valence-electron chi connectivity index (χ2n) is 7.31. The summed E-state index contributed by atoms with van der Waals surface area (Å²) in [7, 11) is 1.55. The first kappa shape index (κ1) is 25.5. The Balaban J connectivity index is 2.14. The number of carbonyl (C=O) groups is 2. The van der Waals surface area contributed by atoms with Crippen molar-refractivity contribution < 1.29 is 28.5 Å². The highest BCUT2D eigenvalue weighted by Gasteiger charge is 2.24. The Morgan fingerprint density at radius 2 is 1.73 bits per heavy atom. The van der Waals surface area contributed by atoms with Crippen LogP contribution in [0.5, 0.6) is 11.5 Å². The molecule has 2 rings (SSSR count). The molecule has 0 spiro atoms. The lowest BCUT2D eigenvalue weighted by atomic mass is 10.0. The highest BCUT2D eigenvalue weighted by molar-refractivity contribution is 5.89. The molecule has 174 valence electrons. The van der Waals surface area contributed by atoms with E-state index < -0.39 is 18.0 Å². The number of carbonyl (C=O) groups excluding carboxylic acids is 2. The van der Waals surface area contributed by atoms with Gasteiger partial charge in [-0.2, -0.15) is 0 Å². The molecule has 0 aliphatic rings. The molecule has 0 heterocycles. The van der Waals surface area contributed by atoms with Crippen molar-refractivity contribution in [2.24, 2.45) is 0 Å². The molecular weight excluding hydrogens is 420 g/mol. The van der Waals surface area contributed by atoms with Crippen LogP contribution < -0.4 is 9.47 Å². The zero-order chi connectivity index (χ0) is 24.2. The molecule has 0 aliphatic heterocycles. The Bertz CT molecular complexity index is 1020. The van der Waals surface area contributed by atoms with Gasteiger partial charge in [0.15, 0.2) is 11.5 Å². The van der Waals surface area contributed by atoms with Gasteiger partial charge in [-0.1, -0.05) is 49.6 Å². The Morgan fingerprint density at radius 3 is 2.39 bits per heavy atom. The van der Waals surface area contributed by atoms with Gasteiger partial charge < -0.3 is 18.9 Å². The quantitative estimate of drug-likeness (QED) is 0.263. The molecule has 0 saturated heterocycles. The number of rotatable bonds is 12. The number of hydrogen-bond acceptors (Lipinski definition) is 6. The molecule has 0 aromatic heterocycles. The number of methoxy groups -OCH3 is 1. The van der Waals surface area contributed by atoms with Crippen LogP contribution in [-0.2, 0) is 25.5 Å². The highest BCUT2D eigenvalue weighted by atomic mass is 16.6. The maximum Gasteiger partial charge on any atom is 0.348 e. The van der Waals surface area contributed by atoms with Gasteiger partial charge in [-0.25, -0.2) is 9.59 Å². The van der Waals surface area contributed by atoms with Crippen molar-refractivity contribution in [3.05, 3.63) is 90.0 Å². The molecule has 2 aromatic carbocycles. The first-order valence-corrected chi connectivity index (χ1v) is 10.5. The summed E-state index contributed by atoms with van der Waals surface area (Å²) in [5.74, 6) is -0.202. The normalized spacial score (nSPS) is 11.5. The second-order valence-corrected chi connectivity index (χ2v) is 7.31. The SMILES string of the molecule is C=CCOC(=O)C(Cc1ccc(C)c(C)c1)OC(=O)/C=C/c1ccc(OC)c(OCC=C)c1. The maximum atomic E-state index is 12.5. The summed E-state index contributed by atoms with van der Waals surface area (Å²) in [6.07, 6.45) is 5.05. The Labute approximate surface area is 195 Å². The third-order valence-corrected chi connectivity index (χ3v) is 4.81. The molecule has 6 nitrogen and oxygen atoms in total. The van der Waals surface area contributed by atoms with Crippen molar-refractivity contribution in [1.29, 1.82) is 0 Å². The molecule has 0 N–H and O–H groups in total. The summed E-state index contributed by atoms with van der Waals surface area (Å²) >= 11 is 0. The van der Waals surface area contributed by atoms with Crippen molar-refractivity contribution in [2.75, 3.05) is 20.3 Å². The van der Waals surface area contributed by atoms with Crippen LogP contribution in [0.4, 0.5) is 0 Å². The lowest BCUT2D eigenvalue weighted by Gasteiger charge is -2.16. The zero-order valence-electron chi connectivity index (χ0n) is 19.3. The van der Waals surface area contributed by atoms with Gasteiger partial charge in [-0.3, -0.25) is 0 Å². The zero-order valence-corrected chi connectivity index (χ0v) is 19.3. The summed E-state index contributed by atoms with van der Waals surface area (Å²) < 4.78 is 21.4. The van der Waals surface area contributed by atoms with Gasteiger partial charge in [0.05, 0.1) is 7.11 Å². The van der Waals surface area contributed by atoms with E-state index in [9.17, 15) is 9.59 Å². The Kier molecular flexibility index (Phi) is 9.96. The third kappa shape index (κ3) is 8.00. The van der Waals surface area contributed by atoms with E-state index in [2.05, 4.69) is 13.2 Å². The van der Waals surface area contributed by atoms with Crippen molar-refractivity contribution in [2.45, 2.75) is 26.4 Å². The van der Waals surface area contributed by atoms with E-state index in [1.807, 2.05) is 32.0 Å². The van der Waals surface area contributed by atoms with Crippen molar-refractivity contribution >= 4 is 18.0 Å². The molecule has 2 aromatic rings. The van der Waals surface area contributed by atoms with Crippen molar-refractivity contribution in [3.8, 4) is 11.5 Å². The monoisotopic (exact) mass is 450 g/mol. The second kappa shape index (κ2) is 12.9. The fraction of sp³-hybridized carbons (Fsp3) is 0.259. The number of esters is 2. The summed E-state index contributed by atoms with van der Waals surface area (Å²) in [5.41, 5.74) is 3.80. The number of aryl methyl sites for hydroxylation is 2. The summed E-state index contributed by atoms with van der Waals surface area (Å²) in [4.78, 5) is 25.0. The van der Waals surface area contributed by atoms with Crippen molar-refractivity contribution in [1.82, 2.24) is 0 Å². The topological polar surface area (TPSA) is 71.1 Å². The van der Waals surface area contributed by atoms with E-state index >= 15 is 0 Å². The van der Waals surface area contributed by atoms with Gasteiger partial charge in [-0.05, 0) is 54.3 Å². The Morgan fingerprint density at radius 1 is 0.970 bits per heavy atom. The van der Waals surface area contributed by atoms with E-state index in [0.29, 0.717) is 23.7 Å². The van der Waals surface area contributed by atoms with Crippen LogP contribution in [0.15, 0.2) is 67.8 Å². The minimum absolute atomic E-state index is 0.0367. The van der Waals surface area contributed by atoms with Crippen LogP contribution in [0.2, 0.25) is 0 Å². The molecule has 0 aliphatic carbocycles. The molecule has 1 unspecified atom stereocenters. The van der Waals surface area contributed by atoms with Crippen molar-refractivity contribution in [3.63, 3.8) is 0 Å². The van der Waals surface area contributed by atoms with Gasteiger partial charge >= 0.3 is 11.9 Å². The molecule has 0 amide bonds. The van der Waals surface area contributed by atoms with Crippen LogP contribution >= 0.6 is 0 Å². The smallest absolute Gasteiger partial charge is 0.348 e. The summed E-state index contributed by atoms with van der Waals surface area (Å²) in [6.45, 7) is 11.5. The van der Waals surface area contributed by atoms with E-state index in [4.69, 9.17) is 18.9 Å². The van der Waals surface area contributed by atoms with Crippen LogP contribution in [0, 0.1) is 13.8 Å². The average Bonchev–Trinajstić information content (AvgIpc) is 2.81. The number of hydrogen-bond donors (Lipinski definition) is 0. The molecule has 0 fully saturated rings. The minimum atomic E-state index is -1.08. The molecule has 1 atom stereocenters. The summed E-state index contributed by atoms with van der Waals surface area (Å²) in [5, 5.41) is 0. The fourth-order valence-corrected chi connectivity index (χ4v) is 2.95. The van der Waals surface area contributed by atoms with Crippen LogP contribution in [-0.4, -0.2) is 38.4 Å². The standard InChI is InChI=1S/C27H30O6/c1-6-14-31-24-17-21(10-12-23(24)30-5)11-13-26(28)33-25(27(29)32-15-7-2)18-22-9-8-19(3)20(4)16-22/h6-13,16-17,25H,1-2,14-15,18H2,3-5H3/b13-11+. The lowest BCUT2D eigenvalue weighted by molar-refractivity contribution is -0.164. The highest BCUT2D eigenvalue weighted by Crippen LogP contribution is 2.28. The largest absolute Gasteiger partial charge is 0.493 e. The van der Waals surface area contributed by atoms with Gasteiger partial charge in [0.2, 0.25) is 6.10 Å². The predicted octanol–water partition coefficient (Wildman–Crippen LogP) is 4.77. The molecule has 0 bridgehead atoms. The van der Waals surface area contributed by atoms with Crippen LogP contribution in [0.25, 0.3) is 6.08 Å². The molecule has 6 heteroatoms. The number of benzene rings is 2. The predicted molar refractivity (Wildman–Crippen MR) is 128 cm³/mol. The van der Waals surface area contributed by atoms with E-state index in [-0.39, 0.29) is 13.0 Å². The molecular formula is C27H30O6. The lowest BCUT2D eigenvalue weighted by Crippen LogP contribution is -2.31. The number of ether oxygens (including phenoxy) is 4. The minimum Gasteiger partial charge on any atom is -0.493 e. The van der Waals surface area contributed by atoms with Gasteiger partial charge in [0, 0.05) is 12.5 Å². The maximum absolute atomic E-state index is 12.5. The molecule has 0 radical (unpaired) electrons. The molecule has 0 saturated carbocycles. The van der Waals surface area contributed by atoms with E-state index in [1.54, 1.807) is 37.5 Å². The van der Waals surface area contributed by atoms with Gasteiger partial charge in [0.1, 0.15) is 13.2 Å². The third-order valence-electron chi connectivity index (χ3n) is 4.81. The first-order chi connectivity index (χ1) is 15.9. The average molecular weight is 451 g/mol. The van der Waals surface area contributed by atoms with Gasteiger partial charge in [-0.15, -0.1) is 0 Å². The summed E-state index contributed by atoms with van der Waals surface area (Å²) in [6, 6.07) is 11.1. The van der Waals surface area contributed by atoms with E-state index in [0.717, 1.165) is 16.7 Å². The van der Waals surface area contributed by atoms with E-state index in [1.165, 1.54) is 12.2 Å². The Hall–Kier alpha value is -3.80. The first-order valence-electron chi connectivity index (χ1n) is 10.5. The van der Waals surface area contributed by atoms with Crippen LogP contribution in [0.3, 0.4) is 0 Å². The van der Waals surface area contributed by atoms with Crippen LogP contribution in [0.1, 0.15) is 22.3 Å². The van der Waals surface area contributed by atoms with Gasteiger partial charge in [0.25, 0.3) is 0 Å². The fourth-order valence-electron chi connectivity index (χ4n) is 2.95. The molecule has 33 heavy (non-hydrogen) atoms.